The van der Waals surface area contributed by atoms with Crippen LogP contribution in [0.3, 0.4) is 0 Å². The van der Waals surface area contributed by atoms with Gasteiger partial charge in [0.05, 0.1) is 6.26 Å². The molecule has 0 spiro atoms. The zero-order valence-electron chi connectivity index (χ0n) is 6.63. The van der Waals surface area contributed by atoms with Crippen molar-refractivity contribution in [3.05, 3.63) is 42.2 Å². The molecule has 0 amide bonds. The summed E-state index contributed by atoms with van der Waals surface area (Å²) >= 11 is 0. The molecule has 0 N–H and O–H groups in total. The predicted molar refractivity (Wildman–Crippen MR) is 39.9 cm³/mol. The molecule has 0 aromatic heterocycles. The summed E-state index contributed by atoms with van der Waals surface area (Å²) in [6, 6.07) is 8.08. The van der Waals surface area contributed by atoms with Gasteiger partial charge in [0.1, 0.15) is 5.75 Å². The molecule has 4 heteroatoms. The maximum Gasteiger partial charge on any atom is 0.130 e. The van der Waals surface area contributed by atoms with Crippen LogP contribution in [0.2, 0.25) is 0 Å². The first kappa shape index (κ1) is 15.8. The van der Waals surface area contributed by atoms with E-state index in [0.29, 0.717) is 0 Å². The SMILES string of the molecule is C1=COc2ccccc2C1.[Fe].[Mn].[Ni]. The molecule has 0 bridgehead atoms. The van der Waals surface area contributed by atoms with E-state index in [0.717, 1.165) is 12.2 Å². The number of benzene rings is 1. The van der Waals surface area contributed by atoms with Crippen LogP contribution in [-0.2, 0) is 57.0 Å². The van der Waals surface area contributed by atoms with E-state index in [4.69, 9.17) is 4.74 Å². The minimum absolute atomic E-state index is 0. The maximum absolute atomic E-state index is 5.24. The predicted octanol–water partition coefficient (Wildman–Crippen LogP) is 2.13. The number of hydrogen-bond donors (Lipinski definition) is 0. The standard InChI is InChI=1S/C9H8O.Fe.Mn.Ni/c1-2-6-9-8(4-1)5-3-7-10-9;;;/h1-4,6-7H,5H2;;;. The largest absolute Gasteiger partial charge is 0.465 e. The molecule has 0 atom stereocenters. The van der Waals surface area contributed by atoms with Gasteiger partial charge < -0.3 is 4.74 Å². The summed E-state index contributed by atoms with van der Waals surface area (Å²) < 4.78 is 5.24. The number of rotatable bonds is 0. The second-order valence-electron chi connectivity index (χ2n) is 2.30. The molecule has 0 saturated carbocycles. The third-order valence-electron chi connectivity index (χ3n) is 1.60. The van der Waals surface area contributed by atoms with Gasteiger partial charge in [-0.2, -0.15) is 0 Å². The monoisotopic (exact) mass is 301 g/mol. The number of allylic oxidation sites excluding steroid dienone is 1. The van der Waals surface area contributed by atoms with Crippen LogP contribution in [0.5, 0.6) is 5.75 Å². The van der Waals surface area contributed by atoms with Crippen molar-refractivity contribution in [3.63, 3.8) is 0 Å². The quantitative estimate of drug-likeness (QED) is 0.667. The maximum atomic E-state index is 5.24. The molecular weight excluding hydrogens is 294 g/mol. The van der Waals surface area contributed by atoms with Crippen LogP contribution >= 0.6 is 0 Å². The molecule has 1 aliphatic rings. The van der Waals surface area contributed by atoms with Crippen molar-refractivity contribution in [2.45, 2.75) is 6.42 Å². The molecular formula is C9H8FeMnNiO. The van der Waals surface area contributed by atoms with E-state index in [1.165, 1.54) is 5.56 Å². The molecule has 13 heavy (non-hydrogen) atoms. The van der Waals surface area contributed by atoms with Crippen molar-refractivity contribution in [2.24, 2.45) is 0 Å². The first-order chi connectivity index (χ1) is 4.97. The second kappa shape index (κ2) is 7.67. The van der Waals surface area contributed by atoms with E-state index >= 15 is 0 Å². The van der Waals surface area contributed by atoms with Crippen LogP contribution in [0.15, 0.2) is 36.6 Å². The normalized spacial score (nSPS) is 10.8. The molecule has 0 fully saturated rings. The molecule has 1 aromatic carbocycles. The van der Waals surface area contributed by atoms with Crippen molar-refractivity contribution in [3.8, 4) is 5.75 Å². The molecule has 1 aromatic rings. The van der Waals surface area contributed by atoms with Crippen LogP contribution in [0.1, 0.15) is 5.56 Å². The Hall–Kier alpha value is 0.292. The van der Waals surface area contributed by atoms with Crippen molar-refractivity contribution >= 4 is 0 Å². The third-order valence-corrected chi connectivity index (χ3v) is 1.60. The van der Waals surface area contributed by atoms with Gasteiger partial charge in [-0.25, -0.2) is 0 Å². The smallest absolute Gasteiger partial charge is 0.130 e. The van der Waals surface area contributed by atoms with Crippen molar-refractivity contribution < 1.29 is 55.4 Å². The van der Waals surface area contributed by atoms with E-state index in [9.17, 15) is 0 Å². The van der Waals surface area contributed by atoms with E-state index in [1.54, 1.807) is 6.26 Å². The Labute approximate surface area is 109 Å². The average Bonchev–Trinajstić information content (AvgIpc) is 2.05. The minimum atomic E-state index is 0. The van der Waals surface area contributed by atoms with Gasteiger partial charge in [-0.05, 0) is 24.1 Å². The average molecular weight is 302 g/mol. The summed E-state index contributed by atoms with van der Waals surface area (Å²) in [4.78, 5) is 0. The molecule has 2 rings (SSSR count). The van der Waals surface area contributed by atoms with Gasteiger partial charge in [-0.1, -0.05) is 18.2 Å². The van der Waals surface area contributed by atoms with Crippen molar-refractivity contribution in [1.29, 1.82) is 0 Å². The Morgan fingerprint density at radius 3 is 2.54 bits per heavy atom. The van der Waals surface area contributed by atoms with Crippen molar-refractivity contribution in [2.75, 3.05) is 0 Å². The third kappa shape index (κ3) is 3.89. The van der Waals surface area contributed by atoms with E-state index < -0.39 is 0 Å². The van der Waals surface area contributed by atoms with Crippen LogP contribution in [0.25, 0.3) is 0 Å². The molecule has 1 heterocycles. The van der Waals surface area contributed by atoms with Crippen LogP contribution < -0.4 is 4.74 Å². The summed E-state index contributed by atoms with van der Waals surface area (Å²) in [5, 5.41) is 0. The second-order valence-corrected chi connectivity index (χ2v) is 2.30. The Morgan fingerprint density at radius 2 is 1.85 bits per heavy atom. The number of para-hydroxylation sites is 1. The van der Waals surface area contributed by atoms with Gasteiger partial charge in [0.2, 0.25) is 0 Å². The van der Waals surface area contributed by atoms with Gasteiger partial charge in [0, 0.05) is 50.6 Å². The van der Waals surface area contributed by atoms with E-state index in [-0.39, 0.29) is 50.6 Å². The number of ether oxygens (including phenoxy) is 1. The summed E-state index contributed by atoms with van der Waals surface area (Å²) in [5.41, 5.74) is 1.27. The molecule has 0 aliphatic carbocycles. The van der Waals surface area contributed by atoms with Crippen LogP contribution in [0, 0.1) is 0 Å². The Bertz CT molecular complexity index is 251. The molecule has 1 aliphatic heterocycles. The molecule has 1 radical (unpaired) electrons. The van der Waals surface area contributed by atoms with Gasteiger partial charge >= 0.3 is 0 Å². The molecule has 0 unspecified atom stereocenters. The Balaban J connectivity index is 0. The van der Waals surface area contributed by atoms with Gasteiger partial charge in [0.25, 0.3) is 0 Å². The number of fused-ring (bicyclic) bond motifs is 1. The first-order valence-corrected chi connectivity index (χ1v) is 3.36. The van der Waals surface area contributed by atoms with E-state index in [1.807, 2.05) is 24.3 Å². The summed E-state index contributed by atoms with van der Waals surface area (Å²) in [5.74, 6) is 0.991. The van der Waals surface area contributed by atoms with Gasteiger partial charge in [-0.3, -0.25) is 0 Å². The summed E-state index contributed by atoms with van der Waals surface area (Å²) in [6.07, 6.45) is 4.75. The fraction of sp³-hybridized carbons (Fsp3) is 0.111. The molecule has 0 saturated heterocycles. The molecule has 75 valence electrons. The zero-order valence-corrected chi connectivity index (χ0v) is 9.90. The zero-order chi connectivity index (χ0) is 6.81. The topological polar surface area (TPSA) is 9.23 Å². The van der Waals surface area contributed by atoms with Gasteiger partial charge in [0.15, 0.2) is 0 Å². The number of hydrogen-bond acceptors (Lipinski definition) is 1. The Morgan fingerprint density at radius 1 is 1.15 bits per heavy atom. The fourth-order valence-corrected chi connectivity index (χ4v) is 1.08. The van der Waals surface area contributed by atoms with Crippen LogP contribution in [-0.4, -0.2) is 0 Å². The van der Waals surface area contributed by atoms with E-state index in [2.05, 4.69) is 6.07 Å². The summed E-state index contributed by atoms with van der Waals surface area (Å²) in [6.45, 7) is 0. The first-order valence-electron chi connectivity index (χ1n) is 3.36. The van der Waals surface area contributed by atoms with Gasteiger partial charge in [-0.15, -0.1) is 0 Å². The fourth-order valence-electron chi connectivity index (χ4n) is 1.08. The van der Waals surface area contributed by atoms with Crippen LogP contribution in [0.4, 0.5) is 0 Å². The van der Waals surface area contributed by atoms with Crippen molar-refractivity contribution in [1.82, 2.24) is 0 Å². The minimum Gasteiger partial charge on any atom is -0.465 e. The molecule has 1 nitrogen and oxygen atoms in total. The Kier molecular flexibility index (Phi) is 9.30. The summed E-state index contributed by atoms with van der Waals surface area (Å²) in [7, 11) is 0.